The number of likely N-dealkylation sites (tertiary alicyclic amines) is 1. The van der Waals surface area contributed by atoms with E-state index in [1.54, 1.807) is 36.1 Å². The average Bonchev–Trinajstić information content (AvgIpc) is 2.39. The SMILES string of the molecule is CC(=O)N1CCC(NC(=O)Nc2cccc(Cl)c2)CC1. The van der Waals surface area contributed by atoms with Gasteiger partial charge < -0.3 is 15.5 Å². The van der Waals surface area contributed by atoms with E-state index in [4.69, 9.17) is 11.6 Å². The normalized spacial score (nSPS) is 15.8. The van der Waals surface area contributed by atoms with Crippen LogP contribution in [0.25, 0.3) is 0 Å². The Morgan fingerprint density at radius 3 is 2.60 bits per heavy atom. The number of anilines is 1. The minimum Gasteiger partial charge on any atom is -0.343 e. The number of hydrogen-bond donors (Lipinski definition) is 2. The van der Waals surface area contributed by atoms with Gasteiger partial charge in [0.1, 0.15) is 0 Å². The first-order valence-electron chi connectivity index (χ1n) is 6.63. The number of urea groups is 1. The third kappa shape index (κ3) is 4.13. The average molecular weight is 296 g/mol. The van der Waals surface area contributed by atoms with Gasteiger partial charge in [-0.1, -0.05) is 17.7 Å². The van der Waals surface area contributed by atoms with Crippen molar-refractivity contribution in [1.82, 2.24) is 10.2 Å². The molecule has 1 aromatic rings. The first kappa shape index (κ1) is 14.7. The van der Waals surface area contributed by atoms with E-state index in [0.29, 0.717) is 23.8 Å². The molecule has 0 unspecified atom stereocenters. The number of nitrogens with zero attached hydrogens (tertiary/aromatic N) is 1. The zero-order chi connectivity index (χ0) is 14.5. The molecule has 6 heteroatoms. The van der Waals surface area contributed by atoms with Gasteiger partial charge in [0.2, 0.25) is 5.91 Å². The molecule has 0 atom stereocenters. The fraction of sp³-hybridized carbons (Fsp3) is 0.429. The number of carbonyl (C=O) groups is 2. The third-order valence-electron chi connectivity index (χ3n) is 3.36. The number of carbonyl (C=O) groups excluding carboxylic acids is 2. The lowest BCUT2D eigenvalue weighted by Crippen LogP contribution is -2.47. The van der Waals surface area contributed by atoms with E-state index in [1.807, 2.05) is 0 Å². The second-order valence-electron chi connectivity index (χ2n) is 4.89. The third-order valence-corrected chi connectivity index (χ3v) is 3.59. The second-order valence-corrected chi connectivity index (χ2v) is 5.33. The van der Waals surface area contributed by atoms with Crippen molar-refractivity contribution in [3.05, 3.63) is 29.3 Å². The molecule has 1 heterocycles. The van der Waals surface area contributed by atoms with Crippen molar-refractivity contribution in [2.24, 2.45) is 0 Å². The van der Waals surface area contributed by atoms with Gasteiger partial charge in [-0.3, -0.25) is 4.79 Å². The molecule has 2 rings (SSSR count). The summed E-state index contributed by atoms with van der Waals surface area (Å²) in [6, 6.07) is 6.87. The van der Waals surface area contributed by atoms with Gasteiger partial charge in [-0.15, -0.1) is 0 Å². The first-order valence-corrected chi connectivity index (χ1v) is 7.01. The summed E-state index contributed by atoms with van der Waals surface area (Å²) in [5.74, 6) is 0.0897. The molecule has 0 saturated carbocycles. The Bertz CT molecular complexity index is 499. The lowest BCUT2D eigenvalue weighted by Gasteiger charge is -2.31. The highest BCUT2D eigenvalue weighted by molar-refractivity contribution is 6.30. The number of halogens is 1. The van der Waals surface area contributed by atoms with Crippen molar-refractivity contribution in [2.75, 3.05) is 18.4 Å². The molecule has 1 fully saturated rings. The Labute approximate surface area is 123 Å². The molecular weight excluding hydrogens is 278 g/mol. The van der Waals surface area contributed by atoms with Gasteiger partial charge in [0.15, 0.2) is 0 Å². The summed E-state index contributed by atoms with van der Waals surface area (Å²) in [5.41, 5.74) is 0.663. The molecule has 1 saturated heterocycles. The molecule has 5 nitrogen and oxygen atoms in total. The highest BCUT2D eigenvalue weighted by Gasteiger charge is 2.21. The zero-order valence-corrected chi connectivity index (χ0v) is 12.1. The minimum atomic E-state index is -0.242. The van der Waals surface area contributed by atoms with Gasteiger partial charge in [-0.05, 0) is 31.0 Å². The molecule has 1 aliphatic heterocycles. The van der Waals surface area contributed by atoms with E-state index < -0.39 is 0 Å². The Morgan fingerprint density at radius 1 is 1.30 bits per heavy atom. The monoisotopic (exact) mass is 295 g/mol. The molecule has 20 heavy (non-hydrogen) atoms. The molecule has 3 amide bonds. The summed E-state index contributed by atoms with van der Waals surface area (Å²) >= 11 is 5.86. The maximum absolute atomic E-state index is 11.9. The van der Waals surface area contributed by atoms with Gasteiger partial charge >= 0.3 is 6.03 Å². The van der Waals surface area contributed by atoms with Crippen LogP contribution in [0.2, 0.25) is 5.02 Å². The molecule has 0 aliphatic carbocycles. The van der Waals surface area contributed by atoms with Crippen LogP contribution in [0, 0.1) is 0 Å². The van der Waals surface area contributed by atoms with E-state index >= 15 is 0 Å². The smallest absolute Gasteiger partial charge is 0.319 e. The van der Waals surface area contributed by atoms with Crippen LogP contribution in [0.5, 0.6) is 0 Å². The summed E-state index contributed by atoms with van der Waals surface area (Å²) < 4.78 is 0. The highest BCUT2D eigenvalue weighted by Crippen LogP contribution is 2.15. The van der Waals surface area contributed by atoms with Crippen LogP contribution in [-0.4, -0.2) is 36.0 Å². The topological polar surface area (TPSA) is 61.4 Å². The lowest BCUT2D eigenvalue weighted by molar-refractivity contribution is -0.129. The van der Waals surface area contributed by atoms with Crippen LogP contribution in [0.1, 0.15) is 19.8 Å². The van der Waals surface area contributed by atoms with E-state index in [2.05, 4.69) is 10.6 Å². The van der Waals surface area contributed by atoms with E-state index in [0.717, 1.165) is 12.8 Å². The Morgan fingerprint density at radius 2 is 2.00 bits per heavy atom. The van der Waals surface area contributed by atoms with Crippen molar-refractivity contribution in [3.63, 3.8) is 0 Å². The van der Waals surface area contributed by atoms with Gasteiger partial charge in [-0.2, -0.15) is 0 Å². The van der Waals surface area contributed by atoms with E-state index in [-0.39, 0.29) is 18.0 Å². The van der Waals surface area contributed by atoms with Crippen LogP contribution in [-0.2, 0) is 4.79 Å². The number of amides is 3. The largest absolute Gasteiger partial charge is 0.343 e. The van der Waals surface area contributed by atoms with E-state index in [9.17, 15) is 9.59 Å². The Kier molecular flexibility index (Phi) is 4.84. The van der Waals surface area contributed by atoms with Crippen molar-refractivity contribution < 1.29 is 9.59 Å². The second kappa shape index (κ2) is 6.61. The molecule has 1 aliphatic rings. The Hall–Kier alpha value is -1.75. The number of benzene rings is 1. The molecule has 0 spiro atoms. The molecular formula is C14H18ClN3O2. The Balaban J connectivity index is 1.80. The van der Waals surface area contributed by atoms with Crippen LogP contribution in [0.4, 0.5) is 10.5 Å². The van der Waals surface area contributed by atoms with Gasteiger partial charge in [0.25, 0.3) is 0 Å². The van der Waals surface area contributed by atoms with Crippen molar-refractivity contribution >= 4 is 29.2 Å². The molecule has 2 N–H and O–H groups in total. The molecule has 1 aromatic carbocycles. The maximum atomic E-state index is 11.9. The first-order chi connectivity index (χ1) is 9.54. The van der Waals surface area contributed by atoms with Gasteiger partial charge in [0.05, 0.1) is 0 Å². The molecule has 0 radical (unpaired) electrons. The van der Waals surface area contributed by atoms with Crippen LogP contribution in [0.3, 0.4) is 0 Å². The van der Waals surface area contributed by atoms with Crippen molar-refractivity contribution in [1.29, 1.82) is 0 Å². The minimum absolute atomic E-state index is 0.0897. The molecule has 108 valence electrons. The molecule has 0 aromatic heterocycles. The van der Waals surface area contributed by atoms with Crippen molar-refractivity contribution in [3.8, 4) is 0 Å². The predicted octanol–water partition coefficient (Wildman–Crippen LogP) is 2.47. The lowest BCUT2D eigenvalue weighted by atomic mass is 10.1. The van der Waals surface area contributed by atoms with Crippen molar-refractivity contribution in [2.45, 2.75) is 25.8 Å². The number of hydrogen-bond acceptors (Lipinski definition) is 2. The summed E-state index contributed by atoms with van der Waals surface area (Å²) in [4.78, 5) is 24.9. The van der Waals surface area contributed by atoms with Crippen LogP contribution < -0.4 is 10.6 Å². The standard InChI is InChI=1S/C14H18ClN3O2/c1-10(19)18-7-5-12(6-8-18)16-14(20)17-13-4-2-3-11(15)9-13/h2-4,9,12H,5-8H2,1H3,(H2,16,17,20). The summed E-state index contributed by atoms with van der Waals surface area (Å²) in [6.45, 7) is 2.95. The van der Waals surface area contributed by atoms with Crippen LogP contribution >= 0.6 is 11.6 Å². The summed E-state index contributed by atoms with van der Waals surface area (Å²) in [5, 5.41) is 6.25. The van der Waals surface area contributed by atoms with Gasteiger partial charge in [-0.25, -0.2) is 4.79 Å². The molecule has 0 bridgehead atoms. The van der Waals surface area contributed by atoms with Gasteiger partial charge in [0, 0.05) is 36.8 Å². The summed E-state index contributed by atoms with van der Waals surface area (Å²) in [6.07, 6.45) is 1.56. The number of rotatable bonds is 2. The quantitative estimate of drug-likeness (QED) is 0.880. The van der Waals surface area contributed by atoms with E-state index in [1.165, 1.54) is 0 Å². The fourth-order valence-electron chi connectivity index (χ4n) is 2.26. The fourth-order valence-corrected chi connectivity index (χ4v) is 2.45. The highest BCUT2D eigenvalue weighted by atomic mass is 35.5. The number of piperidine rings is 1. The number of nitrogens with one attached hydrogen (secondary N) is 2. The summed E-state index contributed by atoms with van der Waals surface area (Å²) in [7, 11) is 0. The predicted molar refractivity (Wildman–Crippen MR) is 78.9 cm³/mol. The zero-order valence-electron chi connectivity index (χ0n) is 11.4. The van der Waals surface area contributed by atoms with Crippen LogP contribution in [0.15, 0.2) is 24.3 Å². The maximum Gasteiger partial charge on any atom is 0.319 e.